The molecule has 0 radical (unpaired) electrons. The molecule has 0 aliphatic carbocycles. The first kappa shape index (κ1) is 10.2. The van der Waals surface area contributed by atoms with Crippen molar-refractivity contribution in [3.8, 4) is 6.07 Å². The summed E-state index contributed by atoms with van der Waals surface area (Å²) in [6.45, 7) is 0. The van der Waals surface area contributed by atoms with E-state index in [9.17, 15) is 4.79 Å². The lowest BCUT2D eigenvalue weighted by molar-refractivity contribution is -0.123. The molecule has 3 N–H and O–H groups in total. The molecule has 1 aromatic carbocycles. The van der Waals surface area contributed by atoms with E-state index in [1.807, 2.05) is 41.8 Å². The fourth-order valence-corrected chi connectivity index (χ4v) is 1.15. The van der Waals surface area contributed by atoms with Gasteiger partial charge in [0, 0.05) is 0 Å². The van der Waals surface area contributed by atoms with Gasteiger partial charge in [-0.3, -0.25) is 10.2 Å². The van der Waals surface area contributed by atoms with Crippen molar-refractivity contribution in [2.45, 2.75) is 6.42 Å². The van der Waals surface area contributed by atoms with Gasteiger partial charge in [-0.05, 0) is 12.0 Å². The Kier molecular flexibility index (Phi) is 3.65. The molecule has 0 aliphatic rings. The van der Waals surface area contributed by atoms with Gasteiger partial charge < -0.3 is 0 Å². The third kappa shape index (κ3) is 2.57. The summed E-state index contributed by atoms with van der Waals surface area (Å²) in [5.74, 6) is 3.78. The number of nitrogens with two attached hydrogens (primary N) is 1. The third-order valence-electron chi connectivity index (χ3n) is 1.90. The van der Waals surface area contributed by atoms with Crippen molar-refractivity contribution in [1.82, 2.24) is 5.43 Å². The highest BCUT2D eigenvalue weighted by Gasteiger charge is 2.16. The molecule has 1 amide bonds. The number of carbonyl (C=O) groups is 1. The van der Waals surface area contributed by atoms with E-state index in [1.54, 1.807) is 0 Å². The molecule has 1 atom stereocenters. The number of hydrogen-bond donors (Lipinski definition) is 2. The Hall–Kier alpha value is -1.86. The van der Waals surface area contributed by atoms with Crippen molar-refractivity contribution in [2.24, 2.45) is 11.8 Å². The number of nitrogens with zero attached hydrogens (tertiary/aromatic N) is 1. The minimum atomic E-state index is -0.720. The smallest absolute Gasteiger partial charge is 0.251 e. The van der Waals surface area contributed by atoms with Crippen LogP contribution in [-0.4, -0.2) is 5.91 Å². The standard InChI is InChI=1S/C10H11N3O/c11-7-9(10(14)13-12)6-8-4-2-1-3-5-8/h1-5,9H,6,12H2,(H,13,14)/t9-/m0/s1. The maximum Gasteiger partial charge on any atom is 0.251 e. The van der Waals surface area contributed by atoms with Gasteiger partial charge in [0.05, 0.1) is 6.07 Å². The summed E-state index contributed by atoms with van der Waals surface area (Å²) < 4.78 is 0. The molecule has 0 unspecified atom stereocenters. The SMILES string of the molecule is N#C[C@H](Cc1ccccc1)C(=O)NN. The summed E-state index contributed by atoms with van der Waals surface area (Å²) in [6, 6.07) is 11.3. The van der Waals surface area contributed by atoms with Crippen LogP contribution in [0.4, 0.5) is 0 Å². The van der Waals surface area contributed by atoms with Gasteiger partial charge in [-0.2, -0.15) is 5.26 Å². The Balaban J connectivity index is 2.68. The first-order chi connectivity index (χ1) is 6.77. The summed E-state index contributed by atoms with van der Waals surface area (Å²) in [5.41, 5.74) is 2.92. The lowest BCUT2D eigenvalue weighted by atomic mass is 10.0. The summed E-state index contributed by atoms with van der Waals surface area (Å²) in [5, 5.41) is 8.72. The number of nitriles is 1. The summed E-state index contributed by atoms with van der Waals surface area (Å²) >= 11 is 0. The lowest BCUT2D eigenvalue weighted by Crippen LogP contribution is -2.36. The van der Waals surface area contributed by atoms with E-state index in [1.165, 1.54) is 0 Å². The fourth-order valence-electron chi connectivity index (χ4n) is 1.15. The number of hydrazine groups is 1. The van der Waals surface area contributed by atoms with Gasteiger partial charge in [-0.1, -0.05) is 30.3 Å². The van der Waals surface area contributed by atoms with Crippen LogP contribution in [0.25, 0.3) is 0 Å². The van der Waals surface area contributed by atoms with Crippen LogP contribution in [0, 0.1) is 17.2 Å². The topological polar surface area (TPSA) is 78.9 Å². The first-order valence-corrected chi connectivity index (χ1v) is 4.22. The molecule has 0 heterocycles. The quantitative estimate of drug-likeness (QED) is 0.409. The minimum absolute atomic E-state index is 0.389. The van der Waals surface area contributed by atoms with Gasteiger partial charge in [0.25, 0.3) is 5.91 Å². The van der Waals surface area contributed by atoms with E-state index >= 15 is 0 Å². The van der Waals surface area contributed by atoms with E-state index in [2.05, 4.69) is 0 Å². The highest BCUT2D eigenvalue weighted by Crippen LogP contribution is 2.07. The zero-order chi connectivity index (χ0) is 10.4. The Morgan fingerprint density at radius 2 is 2.14 bits per heavy atom. The van der Waals surface area contributed by atoms with Crippen LogP contribution in [0.15, 0.2) is 30.3 Å². The van der Waals surface area contributed by atoms with Crippen molar-refractivity contribution in [3.05, 3.63) is 35.9 Å². The van der Waals surface area contributed by atoms with Gasteiger partial charge in [-0.25, -0.2) is 5.84 Å². The van der Waals surface area contributed by atoms with E-state index in [4.69, 9.17) is 11.1 Å². The molecule has 0 saturated carbocycles. The van der Waals surface area contributed by atoms with Crippen LogP contribution in [0.3, 0.4) is 0 Å². The van der Waals surface area contributed by atoms with Crippen molar-refractivity contribution < 1.29 is 4.79 Å². The Bertz CT molecular complexity index is 342. The van der Waals surface area contributed by atoms with Gasteiger partial charge in [0.2, 0.25) is 0 Å². The summed E-state index contributed by atoms with van der Waals surface area (Å²) in [4.78, 5) is 11.1. The fraction of sp³-hybridized carbons (Fsp3) is 0.200. The second-order valence-electron chi connectivity index (χ2n) is 2.88. The average molecular weight is 189 g/mol. The summed E-state index contributed by atoms with van der Waals surface area (Å²) in [6.07, 6.45) is 0.389. The second kappa shape index (κ2) is 5.00. The van der Waals surface area contributed by atoms with Crippen LogP contribution in [0.2, 0.25) is 0 Å². The minimum Gasteiger partial charge on any atom is -0.293 e. The number of amides is 1. The predicted octanol–water partition coefficient (Wildman–Crippen LogP) is 0.359. The highest BCUT2D eigenvalue weighted by atomic mass is 16.2. The molecule has 4 nitrogen and oxygen atoms in total. The van der Waals surface area contributed by atoms with Crippen molar-refractivity contribution in [2.75, 3.05) is 0 Å². The van der Waals surface area contributed by atoms with Crippen molar-refractivity contribution >= 4 is 5.91 Å². The number of carbonyl (C=O) groups excluding carboxylic acids is 1. The molecule has 0 aromatic heterocycles. The van der Waals surface area contributed by atoms with Crippen LogP contribution in [-0.2, 0) is 11.2 Å². The maximum absolute atomic E-state index is 11.1. The molecular formula is C10H11N3O. The zero-order valence-electron chi connectivity index (χ0n) is 7.60. The molecule has 4 heteroatoms. The van der Waals surface area contributed by atoms with Gasteiger partial charge in [-0.15, -0.1) is 0 Å². The third-order valence-corrected chi connectivity index (χ3v) is 1.90. The van der Waals surface area contributed by atoms with Crippen molar-refractivity contribution in [1.29, 1.82) is 5.26 Å². The van der Waals surface area contributed by atoms with E-state index in [-0.39, 0.29) is 0 Å². The molecule has 0 saturated heterocycles. The Morgan fingerprint density at radius 3 is 2.64 bits per heavy atom. The largest absolute Gasteiger partial charge is 0.293 e. The molecular weight excluding hydrogens is 178 g/mol. The monoisotopic (exact) mass is 189 g/mol. The van der Waals surface area contributed by atoms with Crippen LogP contribution in [0.5, 0.6) is 0 Å². The summed E-state index contributed by atoms with van der Waals surface area (Å²) in [7, 11) is 0. The Labute approximate surface area is 82.3 Å². The first-order valence-electron chi connectivity index (χ1n) is 4.22. The second-order valence-corrected chi connectivity index (χ2v) is 2.88. The molecule has 0 fully saturated rings. The number of nitrogens with one attached hydrogen (secondary N) is 1. The molecule has 72 valence electrons. The molecule has 0 bridgehead atoms. The van der Waals surface area contributed by atoms with Gasteiger partial charge in [0.15, 0.2) is 0 Å². The van der Waals surface area contributed by atoms with Crippen LogP contribution < -0.4 is 11.3 Å². The normalized spacial score (nSPS) is 11.4. The van der Waals surface area contributed by atoms with E-state index < -0.39 is 11.8 Å². The maximum atomic E-state index is 11.1. The van der Waals surface area contributed by atoms with Gasteiger partial charge >= 0.3 is 0 Å². The van der Waals surface area contributed by atoms with Crippen LogP contribution in [0.1, 0.15) is 5.56 Å². The van der Waals surface area contributed by atoms with Crippen molar-refractivity contribution in [3.63, 3.8) is 0 Å². The van der Waals surface area contributed by atoms with E-state index in [0.717, 1.165) is 5.56 Å². The lowest BCUT2D eigenvalue weighted by Gasteiger charge is -2.06. The average Bonchev–Trinajstić information content (AvgIpc) is 2.26. The number of hydrogen-bond acceptors (Lipinski definition) is 3. The number of benzene rings is 1. The Morgan fingerprint density at radius 1 is 1.50 bits per heavy atom. The highest BCUT2D eigenvalue weighted by molar-refractivity contribution is 5.80. The zero-order valence-corrected chi connectivity index (χ0v) is 7.60. The molecule has 1 aromatic rings. The van der Waals surface area contributed by atoms with Gasteiger partial charge in [0.1, 0.15) is 5.92 Å². The molecule has 0 spiro atoms. The molecule has 0 aliphatic heterocycles. The molecule has 14 heavy (non-hydrogen) atoms. The van der Waals surface area contributed by atoms with E-state index in [0.29, 0.717) is 6.42 Å². The molecule has 1 rings (SSSR count). The van der Waals surface area contributed by atoms with Crippen LogP contribution >= 0.6 is 0 Å². The predicted molar refractivity (Wildman–Crippen MR) is 51.6 cm³/mol. The number of rotatable bonds is 3.